The van der Waals surface area contributed by atoms with Crippen molar-refractivity contribution in [1.29, 1.82) is 0 Å². The summed E-state index contributed by atoms with van der Waals surface area (Å²) < 4.78 is 27.2. The number of amides is 1. The lowest BCUT2D eigenvalue weighted by Gasteiger charge is -2.18. The predicted molar refractivity (Wildman–Crippen MR) is 113 cm³/mol. The van der Waals surface area contributed by atoms with Crippen molar-refractivity contribution < 1.29 is 13.2 Å². The van der Waals surface area contributed by atoms with Gasteiger partial charge in [0.15, 0.2) is 0 Å². The Morgan fingerprint density at radius 2 is 1.68 bits per heavy atom. The molecule has 0 saturated heterocycles. The van der Waals surface area contributed by atoms with Gasteiger partial charge >= 0.3 is 0 Å². The van der Waals surface area contributed by atoms with Gasteiger partial charge in [0.2, 0.25) is 5.91 Å². The van der Waals surface area contributed by atoms with E-state index < -0.39 is 10.0 Å². The number of anilines is 2. The number of sulfonamides is 1. The topological polar surface area (TPSA) is 66.5 Å². The molecule has 0 saturated carbocycles. The molecule has 0 radical (unpaired) electrons. The molecule has 3 aromatic rings. The number of nitrogens with zero attached hydrogens (tertiary/aromatic N) is 1. The molecule has 8 heteroatoms. The van der Waals surface area contributed by atoms with E-state index in [1.807, 2.05) is 18.2 Å². The van der Waals surface area contributed by atoms with E-state index in [9.17, 15) is 13.2 Å². The number of rotatable bonds is 5. The van der Waals surface area contributed by atoms with Gasteiger partial charge in [-0.25, -0.2) is 8.42 Å². The summed E-state index contributed by atoms with van der Waals surface area (Å²) in [6.07, 6.45) is 0.548. The summed E-state index contributed by atoms with van der Waals surface area (Å²) >= 11 is 11.9. The van der Waals surface area contributed by atoms with Gasteiger partial charge in [-0.2, -0.15) is 0 Å². The Labute approximate surface area is 172 Å². The number of carbonyl (C=O) groups is 1. The van der Waals surface area contributed by atoms with Crippen LogP contribution in [-0.2, 0) is 14.8 Å². The minimum absolute atomic E-state index is 0.169. The summed E-state index contributed by atoms with van der Waals surface area (Å²) in [7, 11) is -3.60. The Kier molecular flexibility index (Phi) is 4.95. The number of nitrogens with one attached hydrogen (secondary N) is 1. The molecule has 1 aliphatic rings. The van der Waals surface area contributed by atoms with Crippen LogP contribution >= 0.6 is 23.2 Å². The number of carbonyl (C=O) groups excluding carboxylic acids is 1. The fourth-order valence-electron chi connectivity index (χ4n) is 3.43. The first-order chi connectivity index (χ1) is 13.4. The van der Waals surface area contributed by atoms with Gasteiger partial charge in [-0.15, -0.1) is 0 Å². The van der Waals surface area contributed by atoms with Crippen LogP contribution in [0.2, 0.25) is 10.0 Å². The lowest BCUT2D eigenvalue weighted by molar-refractivity contribution is -0.116. The van der Waals surface area contributed by atoms with E-state index in [4.69, 9.17) is 23.2 Å². The summed E-state index contributed by atoms with van der Waals surface area (Å²) in [4.78, 5) is 12.5. The van der Waals surface area contributed by atoms with Crippen LogP contribution in [0.25, 0.3) is 10.8 Å². The van der Waals surface area contributed by atoms with E-state index in [2.05, 4.69) is 5.32 Å². The highest BCUT2D eigenvalue weighted by Gasteiger charge is 2.34. The van der Waals surface area contributed by atoms with Crippen molar-refractivity contribution in [3.8, 4) is 0 Å². The van der Waals surface area contributed by atoms with Crippen molar-refractivity contribution in [2.24, 2.45) is 0 Å². The minimum atomic E-state index is -3.60. The maximum absolute atomic E-state index is 12.9. The molecule has 0 bridgehead atoms. The van der Waals surface area contributed by atoms with Crippen LogP contribution in [-0.4, -0.2) is 20.9 Å². The molecule has 0 spiro atoms. The SMILES string of the molecule is O=C(CCCN1c2cccc3cccc(c23)S1(=O)=O)Nc1cc(Cl)cc(Cl)c1. The Morgan fingerprint density at radius 3 is 2.39 bits per heavy atom. The highest BCUT2D eigenvalue weighted by molar-refractivity contribution is 7.93. The first-order valence-electron chi connectivity index (χ1n) is 8.67. The van der Waals surface area contributed by atoms with Crippen molar-refractivity contribution in [3.63, 3.8) is 0 Å². The molecule has 1 heterocycles. The summed E-state index contributed by atoms with van der Waals surface area (Å²) in [5, 5.41) is 5.21. The van der Waals surface area contributed by atoms with Crippen molar-refractivity contribution >= 4 is 61.3 Å². The molecule has 1 amide bonds. The highest BCUT2D eigenvalue weighted by Crippen LogP contribution is 2.41. The summed E-state index contributed by atoms with van der Waals surface area (Å²) in [5.41, 5.74) is 1.17. The molecule has 0 atom stereocenters. The average molecular weight is 435 g/mol. The van der Waals surface area contributed by atoms with Gasteiger partial charge < -0.3 is 5.32 Å². The molecule has 0 aliphatic carbocycles. The van der Waals surface area contributed by atoms with Gasteiger partial charge in [-0.3, -0.25) is 9.10 Å². The van der Waals surface area contributed by atoms with Crippen LogP contribution in [0.4, 0.5) is 11.4 Å². The van der Waals surface area contributed by atoms with Crippen molar-refractivity contribution in [2.75, 3.05) is 16.2 Å². The first kappa shape index (κ1) is 19.1. The van der Waals surface area contributed by atoms with Gasteiger partial charge in [0.1, 0.15) is 0 Å². The third-order valence-corrected chi connectivity index (χ3v) is 6.88. The lowest BCUT2D eigenvalue weighted by Crippen LogP contribution is -2.28. The van der Waals surface area contributed by atoms with E-state index in [0.29, 0.717) is 32.7 Å². The van der Waals surface area contributed by atoms with Gasteiger partial charge in [-0.1, -0.05) is 47.5 Å². The smallest absolute Gasteiger partial charge is 0.265 e. The largest absolute Gasteiger partial charge is 0.326 e. The maximum Gasteiger partial charge on any atom is 0.265 e. The molecule has 4 rings (SSSR count). The molecule has 28 heavy (non-hydrogen) atoms. The molecular formula is C20H16Cl2N2O3S. The second-order valence-electron chi connectivity index (χ2n) is 6.52. The standard InChI is InChI=1S/C20H16Cl2N2O3S/c21-14-10-15(22)12-16(11-14)23-19(25)8-3-9-24-17-6-1-4-13-5-2-7-18(20(13)17)28(24,26)27/h1-2,4-7,10-12H,3,8-9H2,(H,23,25). The Balaban J connectivity index is 1.46. The van der Waals surface area contributed by atoms with Gasteiger partial charge in [-0.05, 0) is 42.1 Å². The third-order valence-electron chi connectivity index (χ3n) is 4.59. The molecule has 1 N–H and O–H groups in total. The zero-order chi connectivity index (χ0) is 19.9. The molecule has 0 aromatic heterocycles. The highest BCUT2D eigenvalue weighted by atomic mass is 35.5. The first-order valence-corrected chi connectivity index (χ1v) is 10.9. The number of benzene rings is 3. The van der Waals surface area contributed by atoms with E-state index in [1.165, 1.54) is 4.31 Å². The molecule has 5 nitrogen and oxygen atoms in total. The van der Waals surface area contributed by atoms with Crippen molar-refractivity contribution in [2.45, 2.75) is 17.7 Å². The van der Waals surface area contributed by atoms with Gasteiger partial charge in [0.05, 0.1) is 10.6 Å². The van der Waals surface area contributed by atoms with Gasteiger partial charge in [0.25, 0.3) is 10.0 Å². The maximum atomic E-state index is 12.9. The minimum Gasteiger partial charge on any atom is -0.326 e. The van der Waals surface area contributed by atoms with E-state index in [1.54, 1.807) is 36.4 Å². The van der Waals surface area contributed by atoms with Crippen LogP contribution in [0.15, 0.2) is 59.5 Å². The van der Waals surface area contributed by atoms with Crippen LogP contribution in [0, 0.1) is 0 Å². The van der Waals surface area contributed by atoms with E-state index in [0.717, 1.165) is 10.8 Å². The molecule has 0 fully saturated rings. The third kappa shape index (κ3) is 3.43. The zero-order valence-electron chi connectivity index (χ0n) is 14.7. The zero-order valence-corrected chi connectivity index (χ0v) is 17.0. The number of halogens is 2. The van der Waals surface area contributed by atoms with Gasteiger partial charge in [0, 0.05) is 34.1 Å². The fraction of sp³-hybridized carbons (Fsp3) is 0.150. The Morgan fingerprint density at radius 1 is 1.00 bits per heavy atom. The van der Waals surface area contributed by atoms with Crippen LogP contribution in [0.1, 0.15) is 12.8 Å². The molecule has 3 aromatic carbocycles. The molecule has 0 unspecified atom stereocenters. The van der Waals surface area contributed by atoms with Crippen molar-refractivity contribution in [3.05, 3.63) is 64.6 Å². The van der Waals surface area contributed by atoms with Crippen LogP contribution in [0.3, 0.4) is 0 Å². The second-order valence-corrected chi connectivity index (χ2v) is 9.22. The second kappa shape index (κ2) is 7.28. The average Bonchev–Trinajstić information content (AvgIpc) is 2.84. The van der Waals surface area contributed by atoms with E-state index in [-0.39, 0.29) is 18.9 Å². The monoisotopic (exact) mass is 434 g/mol. The molecule has 1 aliphatic heterocycles. The predicted octanol–water partition coefficient (Wildman–Crippen LogP) is 5.07. The Bertz CT molecular complexity index is 1170. The van der Waals surface area contributed by atoms with Crippen LogP contribution < -0.4 is 9.62 Å². The van der Waals surface area contributed by atoms with E-state index >= 15 is 0 Å². The number of hydrogen-bond acceptors (Lipinski definition) is 3. The molecule has 144 valence electrons. The lowest BCUT2D eigenvalue weighted by atomic mass is 10.1. The summed E-state index contributed by atoms with van der Waals surface area (Å²) in [5.74, 6) is -0.231. The van der Waals surface area contributed by atoms with Crippen molar-refractivity contribution in [1.82, 2.24) is 0 Å². The normalized spacial score (nSPS) is 14.4. The Hall–Kier alpha value is -2.28. The fourth-order valence-corrected chi connectivity index (χ4v) is 5.71. The summed E-state index contributed by atoms with van der Waals surface area (Å²) in [6, 6.07) is 15.6. The summed E-state index contributed by atoms with van der Waals surface area (Å²) in [6.45, 7) is 0.222. The van der Waals surface area contributed by atoms with Crippen LogP contribution in [0.5, 0.6) is 0 Å². The quantitative estimate of drug-likeness (QED) is 0.608. The number of hydrogen-bond donors (Lipinski definition) is 1. The molecular weight excluding hydrogens is 419 g/mol.